The lowest BCUT2D eigenvalue weighted by molar-refractivity contribution is -0.121. The second-order valence-corrected chi connectivity index (χ2v) is 16.6. The summed E-state index contributed by atoms with van der Waals surface area (Å²) in [6.07, 6.45) is 18.1. The van der Waals surface area contributed by atoms with Crippen molar-refractivity contribution in [3.8, 4) is 0 Å². The molecule has 420 valence electrons. The third kappa shape index (κ3) is 63.6. The van der Waals surface area contributed by atoms with Gasteiger partial charge in [0, 0.05) is 57.1 Å². The molecule has 0 aromatic carbocycles. The molecule has 0 saturated carbocycles. The van der Waals surface area contributed by atoms with E-state index in [2.05, 4.69) is 60.5 Å². The largest absolute Gasteiger partial charge is 0.379 e. The summed E-state index contributed by atoms with van der Waals surface area (Å²) in [7, 11) is 0. The monoisotopic (exact) mass is 1030 g/mol. The number of urea groups is 1. The number of amides is 5. The van der Waals surface area contributed by atoms with E-state index in [1.807, 2.05) is 32.5 Å². The zero-order valence-electron chi connectivity index (χ0n) is 45.4. The summed E-state index contributed by atoms with van der Waals surface area (Å²) in [6.45, 7) is 27.1. The van der Waals surface area contributed by atoms with Crippen LogP contribution >= 0.6 is 11.8 Å². The van der Waals surface area contributed by atoms with Crippen LogP contribution in [0.3, 0.4) is 0 Å². The van der Waals surface area contributed by atoms with E-state index >= 15 is 0 Å². The summed E-state index contributed by atoms with van der Waals surface area (Å²) in [5.74, 6) is 0.206. The van der Waals surface area contributed by atoms with Crippen LogP contribution in [-0.4, -0.2) is 193 Å². The molecule has 1 fully saturated rings. The van der Waals surface area contributed by atoms with Crippen LogP contribution < -0.4 is 32.3 Å². The number of rotatable bonds is 48. The molecular formula is C50H106N6O13S. The molecule has 0 radical (unpaired) electrons. The lowest BCUT2D eigenvalue weighted by atomic mass is 10.0. The Morgan fingerprint density at radius 1 is 0.557 bits per heavy atom. The lowest BCUT2D eigenvalue weighted by Gasteiger charge is -2.23. The lowest BCUT2D eigenvalue weighted by Crippen LogP contribution is -2.40. The first-order valence-corrected chi connectivity index (χ1v) is 27.7. The van der Waals surface area contributed by atoms with Gasteiger partial charge in [0.25, 0.3) is 0 Å². The number of unbranched alkanes of at least 4 members (excludes halogenated alkanes) is 6. The third-order valence-electron chi connectivity index (χ3n) is 9.48. The standard InChI is InChI=1S/C22H46N2O10.C11H23NO.C9H18N2OS.C6H13NO.C2H6/c23-2-6-28-10-14-32-17-19-34-21-20-33-18-16-31-13-9-27-5-1-4-26-8-12-30-15-11-29-7-3-24-22-25;1-3-5-6-7-8-10-12-11(13)9-4-2;1-4-5-7(13-3)8-6(2)10-9(12)11-8;1-2-3-4-5-7-6-8;1-2/h22H,1-21,23H2,(H,24,25);3-10H2,1-2H3,(H,12,13);6-8H,4-5H2,1-3H3,(H2,10,11,12);6H,2-5H2,1H3,(H,7,8);1-2H3. The molecule has 0 aliphatic carbocycles. The number of hydrogen-bond acceptors (Lipinski definition) is 15. The predicted molar refractivity (Wildman–Crippen MR) is 284 cm³/mol. The van der Waals surface area contributed by atoms with Crippen LogP contribution in [0.5, 0.6) is 0 Å². The number of nitrogens with two attached hydrogens (primary N) is 1. The van der Waals surface area contributed by atoms with Gasteiger partial charge in [0.2, 0.25) is 18.7 Å². The zero-order valence-corrected chi connectivity index (χ0v) is 46.2. The van der Waals surface area contributed by atoms with Gasteiger partial charge in [-0.1, -0.05) is 86.5 Å². The Morgan fingerprint density at radius 3 is 1.37 bits per heavy atom. The Labute approximate surface area is 430 Å². The van der Waals surface area contributed by atoms with E-state index in [1.165, 1.54) is 44.9 Å². The van der Waals surface area contributed by atoms with Crippen LogP contribution in [0.25, 0.3) is 0 Å². The number of ether oxygens (including phenoxy) is 9. The maximum Gasteiger partial charge on any atom is 0.315 e. The molecule has 0 aromatic rings. The van der Waals surface area contributed by atoms with Gasteiger partial charge in [0.1, 0.15) is 0 Å². The quantitative estimate of drug-likeness (QED) is 0.0320. The van der Waals surface area contributed by atoms with Gasteiger partial charge < -0.3 is 74.9 Å². The summed E-state index contributed by atoms with van der Waals surface area (Å²) in [4.78, 5) is 41.8. The molecule has 70 heavy (non-hydrogen) atoms. The van der Waals surface area contributed by atoms with Crippen molar-refractivity contribution in [2.45, 2.75) is 149 Å². The molecule has 3 unspecified atom stereocenters. The van der Waals surface area contributed by atoms with E-state index in [4.69, 9.17) is 48.4 Å². The molecule has 3 atom stereocenters. The van der Waals surface area contributed by atoms with Crippen LogP contribution in [0.2, 0.25) is 0 Å². The molecule has 20 heteroatoms. The van der Waals surface area contributed by atoms with Gasteiger partial charge in [-0.2, -0.15) is 11.8 Å². The summed E-state index contributed by atoms with van der Waals surface area (Å²) < 4.78 is 48.4. The Bertz CT molecular complexity index is 1040. The van der Waals surface area contributed by atoms with Crippen molar-refractivity contribution in [1.29, 1.82) is 0 Å². The van der Waals surface area contributed by atoms with Crippen molar-refractivity contribution in [1.82, 2.24) is 26.6 Å². The van der Waals surface area contributed by atoms with Crippen LogP contribution in [0.15, 0.2) is 0 Å². The molecule has 0 bridgehead atoms. The molecule has 1 rings (SSSR count). The molecule has 19 nitrogen and oxygen atoms in total. The van der Waals surface area contributed by atoms with Crippen LogP contribution in [-0.2, 0) is 57.0 Å². The second-order valence-electron chi connectivity index (χ2n) is 15.5. The van der Waals surface area contributed by atoms with E-state index < -0.39 is 0 Å². The average Bonchev–Trinajstić information content (AvgIpc) is 3.71. The fourth-order valence-corrected chi connectivity index (χ4v) is 6.91. The highest BCUT2D eigenvalue weighted by Gasteiger charge is 2.33. The maximum atomic E-state index is 11.1. The SMILES string of the molecule is CC.CCCC(SC)C1NC(=O)NC1C.CCCCCCCNC(=O)CCC.CCCCCNC=O.NCCOCCOCCOCCOCCOCCOCCCOCCOCCOCCNC=O. The van der Waals surface area contributed by atoms with E-state index in [1.54, 1.807) is 0 Å². The minimum atomic E-state index is -0.0207. The molecule has 5 amide bonds. The molecule has 0 aromatic heterocycles. The first-order chi connectivity index (χ1) is 34.3. The number of carbonyl (C=O) groups is 4. The van der Waals surface area contributed by atoms with Gasteiger partial charge in [0.15, 0.2) is 0 Å². The van der Waals surface area contributed by atoms with Crippen molar-refractivity contribution in [3.63, 3.8) is 0 Å². The van der Waals surface area contributed by atoms with E-state index in [0.717, 1.165) is 51.6 Å². The van der Waals surface area contributed by atoms with Crippen molar-refractivity contribution in [2.75, 3.05) is 151 Å². The smallest absolute Gasteiger partial charge is 0.315 e. The van der Waals surface area contributed by atoms with Crippen LogP contribution in [0.4, 0.5) is 4.79 Å². The number of hydrogen-bond donors (Lipinski definition) is 6. The number of thioether (sulfide) groups is 1. The molecular weight excluding hydrogens is 925 g/mol. The second kappa shape index (κ2) is 68.7. The normalized spacial score (nSPS) is 13.9. The van der Waals surface area contributed by atoms with Crippen molar-refractivity contribution in [3.05, 3.63) is 0 Å². The highest BCUT2D eigenvalue weighted by Crippen LogP contribution is 2.21. The van der Waals surface area contributed by atoms with Gasteiger partial charge in [0.05, 0.1) is 112 Å². The minimum Gasteiger partial charge on any atom is -0.379 e. The van der Waals surface area contributed by atoms with Gasteiger partial charge in [-0.25, -0.2) is 4.79 Å². The highest BCUT2D eigenvalue weighted by atomic mass is 32.2. The van der Waals surface area contributed by atoms with E-state index in [0.29, 0.717) is 156 Å². The third-order valence-corrected chi connectivity index (χ3v) is 10.6. The summed E-state index contributed by atoms with van der Waals surface area (Å²) in [5, 5.41) is 14.4. The fraction of sp³-hybridized carbons (Fsp3) is 0.920. The molecule has 1 aliphatic rings. The topological polar surface area (TPSA) is 238 Å². The summed E-state index contributed by atoms with van der Waals surface area (Å²) >= 11 is 1.84. The van der Waals surface area contributed by atoms with E-state index in [-0.39, 0.29) is 18.0 Å². The Balaban J connectivity index is -0.000000489. The minimum absolute atomic E-state index is 0.0207. The fourth-order valence-electron chi connectivity index (χ4n) is 5.85. The predicted octanol–water partition coefficient (Wildman–Crippen LogP) is 5.64. The molecule has 7 N–H and O–H groups in total. The van der Waals surface area contributed by atoms with Crippen molar-refractivity contribution in [2.24, 2.45) is 5.73 Å². The molecule has 0 spiro atoms. The maximum absolute atomic E-state index is 11.1. The summed E-state index contributed by atoms with van der Waals surface area (Å²) in [6, 6.07) is 0.534. The average molecular weight is 1030 g/mol. The number of carbonyl (C=O) groups excluding carboxylic acids is 4. The first kappa shape index (κ1) is 74.2. The van der Waals surface area contributed by atoms with Crippen LogP contribution in [0.1, 0.15) is 132 Å². The van der Waals surface area contributed by atoms with E-state index in [9.17, 15) is 19.2 Å². The molecule has 1 saturated heterocycles. The van der Waals surface area contributed by atoms with Gasteiger partial charge in [-0.3, -0.25) is 14.4 Å². The molecule has 1 heterocycles. The van der Waals surface area contributed by atoms with Gasteiger partial charge in [-0.05, 0) is 45.3 Å². The van der Waals surface area contributed by atoms with Gasteiger partial charge in [-0.15, -0.1) is 0 Å². The molecule has 1 aliphatic heterocycles. The Hall–Kier alpha value is -2.37. The Morgan fingerprint density at radius 2 is 0.971 bits per heavy atom. The summed E-state index contributed by atoms with van der Waals surface area (Å²) in [5.41, 5.74) is 5.31. The van der Waals surface area contributed by atoms with Crippen molar-refractivity contribution < 1.29 is 61.8 Å². The Kier molecular flexibility index (Phi) is 72.8. The van der Waals surface area contributed by atoms with Gasteiger partial charge >= 0.3 is 6.03 Å². The van der Waals surface area contributed by atoms with Crippen molar-refractivity contribution >= 4 is 36.5 Å². The van der Waals surface area contributed by atoms with Crippen LogP contribution in [0, 0.1) is 0 Å². The highest BCUT2D eigenvalue weighted by molar-refractivity contribution is 7.99. The number of nitrogens with one attached hydrogen (secondary N) is 5. The first-order valence-electron chi connectivity index (χ1n) is 26.4. The zero-order chi connectivity index (χ0) is 52.7.